The van der Waals surface area contributed by atoms with Gasteiger partial charge in [-0.2, -0.15) is 5.26 Å². The zero-order valence-electron chi connectivity index (χ0n) is 12.2. The second kappa shape index (κ2) is 6.84. The summed E-state index contributed by atoms with van der Waals surface area (Å²) < 4.78 is 32.3. The Kier molecular flexibility index (Phi) is 5.69. The molecule has 1 aromatic carbocycles. The molecule has 0 aliphatic heterocycles. The molecule has 0 radical (unpaired) electrons. The molecule has 1 aromatic rings. The van der Waals surface area contributed by atoms with Crippen LogP contribution in [0.1, 0.15) is 25.0 Å². The molecule has 0 aromatic heterocycles. The van der Waals surface area contributed by atoms with Crippen LogP contribution in [-0.4, -0.2) is 28.2 Å². The first-order chi connectivity index (χ1) is 9.31. The first kappa shape index (κ1) is 16.6. The van der Waals surface area contributed by atoms with E-state index in [1.54, 1.807) is 6.92 Å². The highest BCUT2D eigenvalue weighted by Gasteiger charge is 2.22. The monoisotopic (exact) mass is 296 g/mol. The lowest BCUT2D eigenvalue weighted by molar-refractivity contribution is 0.157. The SMILES string of the molecule is COCC(NS(=O)(=O)c1ccc(C#N)c(C)c1)C(C)C. The average molecular weight is 296 g/mol. The smallest absolute Gasteiger partial charge is 0.240 e. The largest absolute Gasteiger partial charge is 0.383 e. The van der Waals surface area contributed by atoms with Crippen LogP contribution in [0.25, 0.3) is 0 Å². The molecule has 110 valence electrons. The Morgan fingerprint density at radius 2 is 2.05 bits per heavy atom. The van der Waals surface area contributed by atoms with E-state index in [0.717, 1.165) is 0 Å². The molecule has 0 bridgehead atoms. The lowest BCUT2D eigenvalue weighted by Crippen LogP contribution is -2.41. The molecular weight excluding hydrogens is 276 g/mol. The van der Waals surface area contributed by atoms with Crippen molar-refractivity contribution in [3.63, 3.8) is 0 Å². The number of hydrogen-bond donors (Lipinski definition) is 1. The van der Waals surface area contributed by atoms with Crippen molar-refractivity contribution in [3.8, 4) is 6.07 Å². The third-order valence-corrected chi connectivity index (χ3v) is 4.57. The second-order valence-corrected chi connectivity index (χ2v) is 6.73. The van der Waals surface area contributed by atoms with Crippen molar-refractivity contribution in [2.75, 3.05) is 13.7 Å². The maximum atomic E-state index is 12.3. The van der Waals surface area contributed by atoms with Crippen molar-refractivity contribution in [2.24, 2.45) is 5.92 Å². The lowest BCUT2D eigenvalue weighted by Gasteiger charge is -2.21. The normalized spacial score (nSPS) is 13.2. The predicted octanol–water partition coefficient (Wildman–Crippen LogP) is 1.82. The highest BCUT2D eigenvalue weighted by atomic mass is 32.2. The van der Waals surface area contributed by atoms with Gasteiger partial charge in [-0.05, 0) is 36.6 Å². The number of hydrogen-bond acceptors (Lipinski definition) is 4. The van der Waals surface area contributed by atoms with Crippen molar-refractivity contribution in [1.82, 2.24) is 4.72 Å². The van der Waals surface area contributed by atoms with Gasteiger partial charge < -0.3 is 4.74 Å². The number of nitrogens with zero attached hydrogens (tertiary/aromatic N) is 1. The van der Waals surface area contributed by atoms with Gasteiger partial charge in [-0.3, -0.25) is 0 Å². The minimum atomic E-state index is -3.61. The van der Waals surface area contributed by atoms with Crippen LogP contribution in [0.4, 0.5) is 0 Å². The molecule has 0 heterocycles. The molecule has 0 saturated carbocycles. The topological polar surface area (TPSA) is 79.2 Å². The number of aryl methyl sites for hydroxylation is 1. The Hall–Kier alpha value is -1.42. The number of sulfonamides is 1. The summed E-state index contributed by atoms with van der Waals surface area (Å²) in [5.74, 6) is 0.115. The summed E-state index contributed by atoms with van der Waals surface area (Å²) >= 11 is 0. The van der Waals surface area contributed by atoms with Gasteiger partial charge >= 0.3 is 0 Å². The average Bonchev–Trinajstić information content (AvgIpc) is 2.37. The standard InChI is InChI=1S/C14H20N2O3S/c1-10(2)14(9-19-4)16-20(17,18)13-6-5-12(8-15)11(3)7-13/h5-7,10,14,16H,9H2,1-4H3. The molecule has 0 saturated heterocycles. The first-order valence-electron chi connectivity index (χ1n) is 6.34. The minimum Gasteiger partial charge on any atom is -0.383 e. The van der Waals surface area contributed by atoms with Crippen LogP contribution in [-0.2, 0) is 14.8 Å². The molecular formula is C14H20N2O3S. The van der Waals surface area contributed by atoms with Crippen molar-refractivity contribution in [2.45, 2.75) is 31.7 Å². The fraction of sp³-hybridized carbons (Fsp3) is 0.500. The molecule has 0 aliphatic rings. The molecule has 0 amide bonds. The summed E-state index contributed by atoms with van der Waals surface area (Å²) in [6.07, 6.45) is 0. The molecule has 0 fully saturated rings. The van der Waals surface area contributed by atoms with Crippen LogP contribution < -0.4 is 4.72 Å². The Morgan fingerprint density at radius 3 is 2.50 bits per heavy atom. The van der Waals surface area contributed by atoms with E-state index in [1.807, 2.05) is 19.9 Å². The molecule has 5 nitrogen and oxygen atoms in total. The molecule has 1 atom stereocenters. The third-order valence-electron chi connectivity index (χ3n) is 3.09. The Bertz CT molecular complexity index is 603. The lowest BCUT2D eigenvalue weighted by atomic mass is 10.1. The highest BCUT2D eigenvalue weighted by Crippen LogP contribution is 2.16. The fourth-order valence-corrected chi connectivity index (χ4v) is 3.19. The maximum Gasteiger partial charge on any atom is 0.240 e. The molecule has 0 aliphatic carbocycles. The van der Waals surface area contributed by atoms with E-state index >= 15 is 0 Å². The number of ether oxygens (including phenoxy) is 1. The van der Waals surface area contributed by atoms with E-state index in [-0.39, 0.29) is 16.9 Å². The molecule has 1 rings (SSSR count). The number of nitriles is 1. The van der Waals surface area contributed by atoms with E-state index in [0.29, 0.717) is 17.7 Å². The van der Waals surface area contributed by atoms with Crippen molar-refractivity contribution < 1.29 is 13.2 Å². The minimum absolute atomic E-state index is 0.115. The summed E-state index contributed by atoms with van der Waals surface area (Å²) in [5, 5.41) is 8.87. The van der Waals surface area contributed by atoms with Gasteiger partial charge in [0.1, 0.15) is 0 Å². The van der Waals surface area contributed by atoms with Gasteiger partial charge in [0.2, 0.25) is 10.0 Å². The first-order valence-corrected chi connectivity index (χ1v) is 7.82. The summed E-state index contributed by atoms with van der Waals surface area (Å²) in [5.41, 5.74) is 1.12. The van der Waals surface area contributed by atoms with E-state index in [4.69, 9.17) is 10.00 Å². The number of methoxy groups -OCH3 is 1. The zero-order valence-corrected chi connectivity index (χ0v) is 13.0. The van der Waals surface area contributed by atoms with Crippen molar-refractivity contribution in [3.05, 3.63) is 29.3 Å². The molecule has 20 heavy (non-hydrogen) atoms. The number of benzene rings is 1. The zero-order chi connectivity index (χ0) is 15.3. The van der Waals surface area contributed by atoms with Gasteiger partial charge in [-0.25, -0.2) is 13.1 Å². The van der Waals surface area contributed by atoms with Gasteiger partial charge in [-0.1, -0.05) is 13.8 Å². The maximum absolute atomic E-state index is 12.3. The van der Waals surface area contributed by atoms with E-state index in [2.05, 4.69) is 4.72 Å². The third kappa shape index (κ3) is 4.04. The Balaban J connectivity index is 3.05. The van der Waals surface area contributed by atoms with E-state index in [9.17, 15) is 8.42 Å². The summed E-state index contributed by atoms with van der Waals surface area (Å²) in [4.78, 5) is 0.163. The summed E-state index contributed by atoms with van der Waals surface area (Å²) in [7, 11) is -2.08. The fourth-order valence-electron chi connectivity index (χ4n) is 1.74. The molecule has 6 heteroatoms. The summed E-state index contributed by atoms with van der Waals surface area (Å²) in [6.45, 7) is 5.88. The Labute approximate surface area is 120 Å². The molecule has 0 spiro atoms. The van der Waals surface area contributed by atoms with Crippen molar-refractivity contribution >= 4 is 10.0 Å². The Morgan fingerprint density at radius 1 is 1.40 bits per heavy atom. The second-order valence-electron chi connectivity index (χ2n) is 5.02. The predicted molar refractivity (Wildman–Crippen MR) is 76.7 cm³/mol. The van der Waals surface area contributed by atoms with Gasteiger partial charge in [0.05, 0.1) is 23.1 Å². The van der Waals surface area contributed by atoms with Crippen LogP contribution >= 0.6 is 0 Å². The molecule has 1 unspecified atom stereocenters. The van der Waals surface area contributed by atoms with E-state index in [1.165, 1.54) is 25.3 Å². The van der Waals surface area contributed by atoms with E-state index < -0.39 is 10.0 Å². The van der Waals surface area contributed by atoms with Crippen molar-refractivity contribution in [1.29, 1.82) is 5.26 Å². The van der Waals surface area contributed by atoms with Crippen LogP contribution in [0.3, 0.4) is 0 Å². The summed E-state index contributed by atoms with van der Waals surface area (Å²) in [6, 6.07) is 6.19. The quantitative estimate of drug-likeness (QED) is 0.868. The van der Waals surface area contributed by atoms with Crippen LogP contribution in [0.15, 0.2) is 23.1 Å². The van der Waals surface area contributed by atoms with Gasteiger partial charge in [0.25, 0.3) is 0 Å². The van der Waals surface area contributed by atoms with Crippen LogP contribution in [0.5, 0.6) is 0 Å². The highest BCUT2D eigenvalue weighted by molar-refractivity contribution is 7.89. The molecule has 1 N–H and O–H groups in total. The van der Waals surface area contributed by atoms with Gasteiger partial charge in [0.15, 0.2) is 0 Å². The van der Waals surface area contributed by atoms with Gasteiger partial charge in [-0.15, -0.1) is 0 Å². The van der Waals surface area contributed by atoms with Gasteiger partial charge in [0, 0.05) is 13.2 Å². The number of nitrogens with one attached hydrogen (secondary N) is 1. The number of rotatable bonds is 6. The van der Waals surface area contributed by atoms with Crippen LogP contribution in [0.2, 0.25) is 0 Å². The van der Waals surface area contributed by atoms with Crippen LogP contribution in [0, 0.1) is 24.2 Å².